The smallest absolute Gasteiger partial charge is 0.347 e. The van der Waals surface area contributed by atoms with Crippen molar-refractivity contribution in [3.8, 4) is 11.8 Å². The molecule has 1 rings (SSSR count). The maximum absolute atomic E-state index is 11.5. The molecule has 4 heteroatoms. The number of esters is 1. The van der Waals surface area contributed by atoms with Gasteiger partial charge in [0, 0.05) is 0 Å². The molecule has 0 heterocycles. The van der Waals surface area contributed by atoms with Gasteiger partial charge in [-0.1, -0.05) is 6.92 Å². The molecule has 0 fully saturated rings. The molecule has 0 aliphatic heterocycles. The van der Waals surface area contributed by atoms with Gasteiger partial charge >= 0.3 is 5.97 Å². The highest BCUT2D eigenvalue weighted by molar-refractivity contribution is 5.75. The Morgan fingerprint density at radius 3 is 2.47 bits per heavy atom. The quantitative estimate of drug-likeness (QED) is 0.732. The van der Waals surface area contributed by atoms with E-state index in [4.69, 9.17) is 14.7 Å². The van der Waals surface area contributed by atoms with Gasteiger partial charge in [-0.2, -0.15) is 5.26 Å². The normalized spacial score (nSPS) is 11.4. The number of carbonyl (C=O) groups is 1. The van der Waals surface area contributed by atoms with Gasteiger partial charge in [-0.05, 0) is 37.6 Å². The minimum Gasteiger partial charge on any atom is -0.479 e. The Morgan fingerprint density at radius 2 is 2.00 bits per heavy atom. The summed E-state index contributed by atoms with van der Waals surface area (Å²) < 4.78 is 10.4. The Hall–Kier alpha value is -2.02. The van der Waals surface area contributed by atoms with E-state index in [0.29, 0.717) is 24.3 Å². The van der Waals surface area contributed by atoms with E-state index in [0.717, 1.165) is 0 Å². The van der Waals surface area contributed by atoms with Crippen molar-refractivity contribution in [2.24, 2.45) is 0 Å². The summed E-state index contributed by atoms with van der Waals surface area (Å²) >= 11 is 0. The number of hydrogen-bond donors (Lipinski definition) is 0. The second-order valence-corrected chi connectivity index (χ2v) is 3.40. The van der Waals surface area contributed by atoms with Crippen LogP contribution in [0.5, 0.6) is 5.75 Å². The third kappa shape index (κ3) is 3.80. The predicted molar refractivity (Wildman–Crippen MR) is 62.5 cm³/mol. The fraction of sp³-hybridized carbons (Fsp3) is 0.385. The molecule has 1 aromatic rings. The summed E-state index contributed by atoms with van der Waals surface area (Å²) in [7, 11) is 0. The number of nitrogens with zero attached hydrogens (tertiary/aromatic N) is 1. The van der Waals surface area contributed by atoms with Crippen molar-refractivity contribution in [3.05, 3.63) is 29.8 Å². The Labute approximate surface area is 101 Å². The second-order valence-electron chi connectivity index (χ2n) is 3.40. The van der Waals surface area contributed by atoms with Crippen molar-refractivity contribution in [2.45, 2.75) is 26.4 Å². The fourth-order valence-corrected chi connectivity index (χ4v) is 1.31. The lowest BCUT2D eigenvalue weighted by Crippen LogP contribution is -2.28. The van der Waals surface area contributed by atoms with Crippen LogP contribution in [-0.4, -0.2) is 18.7 Å². The molecule has 0 N–H and O–H groups in total. The van der Waals surface area contributed by atoms with Gasteiger partial charge in [0.05, 0.1) is 18.2 Å². The fourth-order valence-electron chi connectivity index (χ4n) is 1.31. The average molecular weight is 233 g/mol. The molecule has 0 saturated heterocycles. The number of hydrogen-bond acceptors (Lipinski definition) is 4. The molecule has 1 atom stereocenters. The van der Waals surface area contributed by atoms with Gasteiger partial charge in [-0.25, -0.2) is 4.79 Å². The summed E-state index contributed by atoms with van der Waals surface area (Å²) in [4.78, 5) is 11.5. The molecule has 0 radical (unpaired) electrons. The van der Waals surface area contributed by atoms with Crippen molar-refractivity contribution < 1.29 is 14.3 Å². The zero-order chi connectivity index (χ0) is 12.7. The van der Waals surface area contributed by atoms with Crippen molar-refractivity contribution >= 4 is 5.97 Å². The third-order valence-corrected chi connectivity index (χ3v) is 2.18. The number of rotatable bonds is 5. The van der Waals surface area contributed by atoms with Crippen molar-refractivity contribution in [1.82, 2.24) is 0 Å². The van der Waals surface area contributed by atoms with E-state index in [1.165, 1.54) is 0 Å². The van der Waals surface area contributed by atoms with E-state index >= 15 is 0 Å². The molecule has 0 saturated carbocycles. The summed E-state index contributed by atoms with van der Waals surface area (Å²) in [5, 5.41) is 8.65. The topological polar surface area (TPSA) is 59.3 Å². The molecule has 0 aliphatic rings. The molecular formula is C13H15NO3. The van der Waals surface area contributed by atoms with Crippen LogP contribution < -0.4 is 4.74 Å². The van der Waals surface area contributed by atoms with Crippen LogP contribution in [0.2, 0.25) is 0 Å². The van der Waals surface area contributed by atoms with Crippen molar-refractivity contribution in [2.75, 3.05) is 6.61 Å². The summed E-state index contributed by atoms with van der Waals surface area (Å²) in [6, 6.07) is 8.64. The van der Waals surface area contributed by atoms with Crippen LogP contribution in [0, 0.1) is 11.3 Å². The lowest BCUT2D eigenvalue weighted by molar-refractivity contribution is -0.151. The van der Waals surface area contributed by atoms with Gasteiger partial charge in [0.25, 0.3) is 0 Å². The zero-order valence-corrected chi connectivity index (χ0v) is 9.97. The highest BCUT2D eigenvalue weighted by Gasteiger charge is 2.19. The highest BCUT2D eigenvalue weighted by Crippen LogP contribution is 2.15. The van der Waals surface area contributed by atoms with Crippen LogP contribution in [-0.2, 0) is 9.53 Å². The molecule has 0 bridgehead atoms. The summed E-state index contributed by atoms with van der Waals surface area (Å²) in [6.45, 7) is 3.95. The number of nitriles is 1. The molecule has 0 aliphatic carbocycles. The molecular weight excluding hydrogens is 218 g/mol. The summed E-state index contributed by atoms with van der Waals surface area (Å²) in [5.41, 5.74) is 0.557. The zero-order valence-electron chi connectivity index (χ0n) is 9.97. The van der Waals surface area contributed by atoms with Crippen LogP contribution in [0.15, 0.2) is 24.3 Å². The number of benzene rings is 1. The van der Waals surface area contributed by atoms with E-state index in [-0.39, 0.29) is 5.97 Å². The van der Waals surface area contributed by atoms with Gasteiger partial charge in [0.15, 0.2) is 6.10 Å². The Morgan fingerprint density at radius 1 is 1.35 bits per heavy atom. The van der Waals surface area contributed by atoms with Gasteiger partial charge in [-0.3, -0.25) is 0 Å². The monoisotopic (exact) mass is 233 g/mol. The second kappa shape index (κ2) is 6.54. The van der Waals surface area contributed by atoms with Crippen LogP contribution in [0.25, 0.3) is 0 Å². The Bertz CT molecular complexity index is 406. The minimum atomic E-state index is -0.595. The Balaban J connectivity index is 2.67. The molecule has 0 amide bonds. The molecule has 1 aromatic carbocycles. The lowest BCUT2D eigenvalue weighted by Gasteiger charge is -2.15. The first-order valence-corrected chi connectivity index (χ1v) is 5.54. The molecule has 90 valence electrons. The molecule has 1 unspecified atom stereocenters. The molecule has 17 heavy (non-hydrogen) atoms. The Kier molecular flexibility index (Phi) is 5.02. The van der Waals surface area contributed by atoms with E-state index in [2.05, 4.69) is 0 Å². The molecule has 0 spiro atoms. The van der Waals surface area contributed by atoms with Gasteiger partial charge in [-0.15, -0.1) is 0 Å². The lowest BCUT2D eigenvalue weighted by atomic mass is 10.2. The molecule has 0 aromatic heterocycles. The van der Waals surface area contributed by atoms with E-state index in [1.54, 1.807) is 31.2 Å². The van der Waals surface area contributed by atoms with Crippen LogP contribution in [0.3, 0.4) is 0 Å². The predicted octanol–water partition coefficient (Wildman–Crippen LogP) is 2.28. The largest absolute Gasteiger partial charge is 0.479 e. The SMILES string of the molecule is CCOC(=O)C(CC)Oc1ccc(C#N)cc1. The van der Waals surface area contributed by atoms with Crippen molar-refractivity contribution in [3.63, 3.8) is 0 Å². The van der Waals surface area contributed by atoms with Gasteiger partial charge in [0.1, 0.15) is 5.75 Å². The average Bonchev–Trinajstić information content (AvgIpc) is 2.37. The summed E-state index contributed by atoms with van der Waals surface area (Å²) in [6.07, 6.45) is -0.0540. The standard InChI is InChI=1S/C13H15NO3/c1-3-12(13(15)16-4-2)17-11-7-5-10(9-14)6-8-11/h5-8,12H,3-4H2,1-2H3. The van der Waals surface area contributed by atoms with E-state index < -0.39 is 6.10 Å². The van der Waals surface area contributed by atoms with Crippen molar-refractivity contribution in [1.29, 1.82) is 5.26 Å². The maximum Gasteiger partial charge on any atom is 0.347 e. The first-order chi connectivity index (χ1) is 8.21. The first-order valence-electron chi connectivity index (χ1n) is 5.54. The van der Waals surface area contributed by atoms with E-state index in [1.807, 2.05) is 13.0 Å². The van der Waals surface area contributed by atoms with Crippen LogP contribution in [0.4, 0.5) is 0 Å². The number of carbonyl (C=O) groups excluding carboxylic acids is 1. The van der Waals surface area contributed by atoms with Crippen LogP contribution in [0.1, 0.15) is 25.8 Å². The maximum atomic E-state index is 11.5. The molecule has 4 nitrogen and oxygen atoms in total. The van der Waals surface area contributed by atoms with Gasteiger partial charge < -0.3 is 9.47 Å². The summed E-state index contributed by atoms with van der Waals surface area (Å²) in [5.74, 6) is 0.197. The highest BCUT2D eigenvalue weighted by atomic mass is 16.6. The van der Waals surface area contributed by atoms with Gasteiger partial charge in [0.2, 0.25) is 0 Å². The number of ether oxygens (including phenoxy) is 2. The van der Waals surface area contributed by atoms with E-state index in [9.17, 15) is 4.79 Å². The first kappa shape index (κ1) is 13.0. The van der Waals surface area contributed by atoms with Crippen LogP contribution >= 0.6 is 0 Å². The third-order valence-electron chi connectivity index (χ3n) is 2.18. The minimum absolute atomic E-state index is 0.339.